The van der Waals surface area contributed by atoms with E-state index >= 15 is 0 Å². The van der Waals surface area contributed by atoms with Crippen LogP contribution < -0.4 is 10.6 Å². The molecule has 0 heterocycles. The smallest absolute Gasteiger partial charge is 0.271 e. The Balaban J connectivity index is 3.20. The lowest BCUT2D eigenvalue weighted by molar-refractivity contribution is -0.384. The van der Waals surface area contributed by atoms with Gasteiger partial charge >= 0.3 is 0 Å². The van der Waals surface area contributed by atoms with Gasteiger partial charge in [-0.05, 0) is 33.8 Å². The zero-order chi connectivity index (χ0) is 16.2. The van der Waals surface area contributed by atoms with Crippen LogP contribution in [0.5, 0.6) is 0 Å². The number of hydrogen-bond acceptors (Lipinski definition) is 4. The lowest BCUT2D eigenvalue weighted by Gasteiger charge is -2.11. The molecule has 0 aromatic heterocycles. The Morgan fingerprint density at radius 2 is 1.33 bits per heavy atom. The van der Waals surface area contributed by atoms with Crippen LogP contribution in [0.2, 0.25) is 0 Å². The van der Waals surface area contributed by atoms with Crippen molar-refractivity contribution in [2.24, 2.45) is 0 Å². The SMILES string of the molecule is CC(C)NC(=O)c1cc(C(=O)NC(C)C)cc([N+](=O)[O-])c1. The van der Waals surface area contributed by atoms with Crippen LogP contribution in [0.1, 0.15) is 48.4 Å². The van der Waals surface area contributed by atoms with Gasteiger partial charge in [-0.2, -0.15) is 0 Å². The third kappa shape index (κ3) is 4.87. The number of carbonyl (C=O) groups is 2. The minimum atomic E-state index is -0.627. The molecule has 0 saturated carbocycles. The van der Waals surface area contributed by atoms with Gasteiger partial charge in [-0.25, -0.2) is 0 Å². The van der Waals surface area contributed by atoms with Crippen LogP contribution in [-0.2, 0) is 0 Å². The first-order valence-corrected chi connectivity index (χ1v) is 6.62. The second kappa shape index (κ2) is 6.83. The quantitative estimate of drug-likeness (QED) is 0.639. The number of nitrogens with zero attached hydrogens (tertiary/aromatic N) is 1. The summed E-state index contributed by atoms with van der Waals surface area (Å²) >= 11 is 0. The summed E-state index contributed by atoms with van der Waals surface area (Å²) in [6, 6.07) is 3.45. The van der Waals surface area contributed by atoms with Crippen LogP contribution in [0.25, 0.3) is 0 Å². The number of benzene rings is 1. The topological polar surface area (TPSA) is 101 Å². The van der Waals surface area contributed by atoms with Crippen molar-refractivity contribution in [3.63, 3.8) is 0 Å². The molecule has 0 radical (unpaired) electrons. The zero-order valence-electron chi connectivity index (χ0n) is 12.5. The number of non-ortho nitro benzene ring substituents is 1. The van der Waals surface area contributed by atoms with E-state index in [0.29, 0.717) is 0 Å². The van der Waals surface area contributed by atoms with Crippen molar-refractivity contribution in [1.82, 2.24) is 10.6 Å². The number of amides is 2. The van der Waals surface area contributed by atoms with E-state index in [-0.39, 0.29) is 28.9 Å². The van der Waals surface area contributed by atoms with Crippen LogP contribution in [0, 0.1) is 10.1 Å². The van der Waals surface area contributed by atoms with Gasteiger partial charge in [0.25, 0.3) is 17.5 Å². The second-order valence-electron chi connectivity index (χ2n) is 5.28. The monoisotopic (exact) mass is 293 g/mol. The van der Waals surface area contributed by atoms with Gasteiger partial charge < -0.3 is 10.6 Å². The molecule has 2 amide bonds. The van der Waals surface area contributed by atoms with E-state index in [1.165, 1.54) is 6.07 Å². The summed E-state index contributed by atoms with van der Waals surface area (Å²) in [7, 11) is 0. The molecule has 21 heavy (non-hydrogen) atoms. The summed E-state index contributed by atoms with van der Waals surface area (Å²) in [6.07, 6.45) is 0. The molecular formula is C14H19N3O4. The molecule has 1 rings (SSSR count). The largest absolute Gasteiger partial charge is 0.350 e. The molecular weight excluding hydrogens is 274 g/mol. The van der Waals surface area contributed by atoms with E-state index in [0.717, 1.165) is 12.1 Å². The highest BCUT2D eigenvalue weighted by atomic mass is 16.6. The third-order valence-electron chi connectivity index (χ3n) is 2.49. The molecule has 7 heteroatoms. The second-order valence-corrected chi connectivity index (χ2v) is 5.28. The number of nitro groups is 1. The Hall–Kier alpha value is -2.44. The first-order valence-electron chi connectivity index (χ1n) is 6.62. The molecule has 0 spiro atoms. The molecule has 1 aromatic rings. The van der Waals surface area contributed by atoms with Crippen molar-refractivity contribution in [1.29, 1.82) is 0 Å². The van der Waals surface area contributed by atoms with Crippen LogP contribution in [0.4, 0.5) is 5.69 Å². The van der Waals surface area contributed by atoms with Crippen LogP contribution in [0.15, 0.2) is 18.2 Å². The summed E-state index contributed by atoms with van der Waals surface area (Å²) < 4.78 is 0. The minimum Gasteiger partial charge on any atom is -0.350 e. The molecule has 0 unspecified atom stereocenters. The molecule has 114 valence electrons. The lowest BCUT2D eigenvalue weighted by Crippen LogP contribution is -2.32. The molecule has 7 nitrogen and oxygen atoms in total. The molecule has 0 atom stereocenters. The van der Waals surface area contributed by atoms with E-state index in [2.05, 4.69) is 10.6 Å². The number of rotatable bonds is 5. The van der Waals surface area contributed by atoms with E-state index in [1.807, 2.05) is 0 Å². The summed E-state index contributed by atoms with van der Waals surface area (Å²) in [5.41, 5.74) is -0.112. The Labute approximate surface area is 122 Å². The Morgan fingerprint density at radius 1 is 0.952 bits per heavy atom. The standard InChI is InChI=1S/C14H19N3O4/c1-8(2)15-13(18)10-5-11(14(19)16-9(3)4)7-12(6-10)17(20)21/h5-9H,1-4H3,(H,15,18)(H,16,19). The van der Waals surface area contributed by atoms with E-state index in [9.17, 15) is 19.7 Å². The maximum absolute atomic E-state index is 12.0. The molecule has 0 aliphatic rings. The molecule has 0 aliphatic heterocycles. The predicted molar refractivity (Wildman–Crippen MR) is 78.3 cm³/mol. The van der Waals surface area contributed by atoms with E-state index in [4.69, 9.17) is 0 Å². The van der Waals surface area contributed by atoms with Crippen molar-refractivity contribution in [2.45, 2.75) is 39.8 Å². The minimum absolute atomic E-state index is 0.0896. The Kier molecular flexibility index (Phi) is 5.40. The Morgan fingerprint density at radius 3 is 1.62 bits per heavy atom. The highest BCUT2D eigenvalue weighted by Crippen LogP contribution is 2.18. The molecule has 0 fully saturated rings. The number of hydrogen-bond donors (Lipinski definition) is 2. The summed E-state index contributed by atoms with van der Waals surface area (Å²) in [6.45, 7) is 7.12. The molecule has 0 bridgehead atoms. The van der Waals surface area contributed by atoms with Gasteiger partial charge in [0.1, 0.15) is 0 Å². The van der Waals surface area contributed by atoms with Crippen LogP contribution >= 0.6 is 0 Å². The van der Waals surface area contributed by atoms with Gasteiger partial charge in [-0.15, -0.1) is 0 Å². The lowest BCUT2D eigenvalue weighted by atomic mass is 10.1. The highest BCUT2D eigenvalue weighted by Gasteiger charge is 2.18. The Bertz CT molecular complexity index is 527. The maximum atomic E-state index is 12.0. The van der Waals surface area contributed by atoms with Gasteiger partial charge in [0.2, 0.25) is 0 Å². The van der Waals surface area contributed by atoms with Gasteiger partial charge in [-0.3, -0.25) is 19.7 Å². The number of carbonyl (C=O) groups excluding carboxylic acids is 2. The number of nitrogens with one attached hydrogen (secondary N) is 2. The average Bonchev–Trinajstić information content (AvgIpc) is 2.36. The average molecular weight is 293 g/mol. The first kappa shape index (κ1) is 16.6. The third-order valence-corrected chi connectivity index (χ3v) is 2.49. The zero-order valence-corrected chi connectivity index (χ0v) is 12.5. The van der Waals surface area contributed by atoms with Crippen molar-refractivity contribution < 1.29 is 14.5 Å². The molecule has 0 saturated heterocycles. The first-order chi connectivity index (χ1) is 9.70. The van der Waals surface area contributed by atoms with Crippen molar-refractivity contribution in [3.8, 4) is 0 Å². The van der Waals surface area contributed by atoms with Gasteiger partial charge in [-0.1, -0.05) is 0 Å². The van der Waals surface area contributed by atoms with Gasteiger partial charge in [0, 0.05) is 35.3 Å². The molecule has 0 aliphatic carbocycles. The summed E-state index contributed by atoms with van der Waals surface area (Å²) in [4.78, 5) is 34.2. The fourth-order valence-electron chi connectivity index (χ4n) is 1.67. The normalized spacial score (nSPS) is 10.6. The van der Waals surface area contributed by atoms with Gasteiger partial charge in [0.05, 0.1) is 4.92 Å². The highest BCUT2D eigenvalue weighted by molar-refractivity contribution is 6.00. The number of nitro benzene ring substituents is 1. The summed E-state index contributed by atoms with van der Waals surface area (Å²) in [5.74, 6) is -0.903. The summed E-state index contributed by atoms with van der Waals surface area (Å²) in [5, 5.41) is 16.2. The van der Waals surface area contributed by atoms with Gasteiger partial charge in [0.15, 0.2) is 0 Å². The van der Waals surface area contributed by atoms with E-state index in [1.54, 1.807) is 27.7 Å². The predicted octanol–water partition coefficient (Wildman–Crippen LogP) is 1.87. The fourth-order valence-corrected chi connectivity index (χ4v) is 1.67. The van der Waals surface area contributed by atoms with Crippen LogP contribution in [0.3, 0.4) is 0 Å². The van der Waals surface area contributed by atoms with Crippen molar-refractivity contribution in [3.05, 3.63) is 39.4 Å². The molecule has 1 aromatic carbocycles. The van der Waals surface area contributed by atoms with Crippen LogP contribution in [-0.4, -0.2) is 28.8 Å². The van der Waals surface area contributed by atoms with E-state index < -0.39 is 16.7 Å². The van der Waals surface area contributed by atoms with Crippen molar-refractivity contribution in [2.75, 3.05) is 0 Å². The van der Waals surface area contributed by atoms with Crippen molar-refractivity contribution >= 4 is 17.5 Å². The molecule has 2 N–H and O–H groups in total. The maximum Gasteiger partial charge on any atom is 0.271 e. The fraction of sp³-hybridized carbons (Fsp3) is 0.429.